The van der Waals surface area contributed by atoms with Crippen LogP contribution in [0, 0.1) is 17.0 Å². The molecule has 1 heterocycles. The van der Waals surface area contributed by atoms with Crippen molar-refractivity contribution in [2.75, 3.05) is 5.32 Å². The first-order chi connectivity index (χ1) is 9.93. The number of rotatable bonds is 4. The number of nitrogens with zero attached hydrogens (tertiary/aromatic N) is 3. The highest BCUT2D eigenvalue weighted by Gasteiger charge is 2.29. The maximum absolute atomic E-state index is 12.3. The minimum Gasteiger partial charge on any atom is -0.320 e. The van der Waals surface area contributed by atoms with E-state index in [1.807, 2.05) is 0 Å². The summed E-state index contributed by atoms with van der Waals surface area (Å²) in [7, 11) is 0. The van der Waals surface area contributed by atoms with Crippen LogP contribution in [0.4, 0.5) is 11.4 Å². The van der Waals surface area contributed by atoms with Crippen LogP contribution in [0.15, 0.2) is 24.3 Å². The van der Waals surface area contributed by atoms with Crippen molar-refractivity contribution in [2.45, 2.75) is 20.4 Å². The van der Waals surface area contributed by atoms with Gasteiger partial charge in [-0.05, 0) is 38.1 Å². The SMILES string of the molecule is CCn1nc(C)c([N+](=O)[O-])c1C(=O)Nc1ccc(Cl)cc1. The third-order valence-electron chi connectivity index (χ3n) is 2.90. The molecular weight excluding hydrogens is 296 g/mol. The Morgan fingerprint density at radius 3 is 2.57 bits per heavy atom. The van der Waals surface area contributed by atoms with Gasteiger partial charge < -0.3 is 5.32 Å². The lowest BCUT2D eigenvalue weighted by molar-refractivity contribution is -0.385. The number of amides is 1. The predicted molar refractivity (Wildman–Crippen MR) is 78.7 cm³/mol. The minimum atomic E-state index is -0.592. The molecule has 1 N–H and O–H groups in total. The molecular formula is C13H13ClN4O3. The molecule has 2 aromatic rings. The highest BCUT2D eigenvalue weighted by atomic mass is 35.5. The van der Waals surface area contributed by atoms with E-state index in [1.54, 1.807) is 31.2 Å². The van der Waals surface area contributed by atoms with Crippen LogP contribution in [0.3, 0.4) is 0 Å². The van der Waals surface area contributed by atoms with E-state index in [4.69, 9.17) is 11.6 Å². The van der Waals surface area contributed by atoms with Crippen LogP contribution < -0.4 is 5.32 Å². The monoisotopic (exact) mass is 308 g/mol. The Bertz CT molecular complexity index is 694. The molecule has 0 fully saturated rings. The lowest BCUT2D eigenvalue weighted by Gasteiger charge is -2.06. The van der Waals surface area contributed by atoms with E-state index in [0.717, 1.165) is 0 Å². The summed E-state index contributed by atoms with van der Waals surface area (Å²) in [5.41, 5.74) is 0.376. The molecule has 1 amide bonds. The fraction of sp³-hybridized carbons (Fsp3) is 0.231. The zero-order valence-electron chi connectivity index (χ0n) is 11.5. The number of hydrogen-bond donors (Lipinski definition) is 1. The zero-order valence-corrected chi connectivity index (χ0v) is 12.2. The van der Waals surface area contributed by atoms with E-state index in [1.165, 1.54) is 11.6 Å². The van der Waals surface area contributed by atoms with Crippen molar-refractivity contribution < 1.29 is 9.72 Å². The average Bonchev–Trinajstić information content (AvgIpc) is 2.78. The van der Waals surface area contributed by atoms with Crippen molar-refractivity contribution >= 4 is 28.9 Å². The first kappa shape index (κ1) is 15.0. The molecule has 2 rings (SSSR count). The molecule has 0 unspecified atom stereocenters. The Hall–Kier alpha value is -2.41. The van der Waals surface area contributed by atoms with Crippen LogP contribution in [-0.2, 0) is 6.54 Å². The zero-order chi connectivity index (χ0) is 15.6. The van der Waals surface area contributed by atoms with E-state index in [9.17, 15) is 14.9 Å². The number of nitrogens with one attached hydrogen (secondary N) is 1. The second-order valence-electron chi connectivity index (χ2n) is 4.32. The molecule has 110 valence electrons. The molecule has 0 radical (unpaired) electrons. The number of aromatic nitrogens is 2. The quantitative estimate of drug-likeness (QED) is 0.694. The number of hydrogen-bond acceptors (Lipinski definition) is 4. The average molecular weight is 309 g/mol. The van der Waals surface area contributed by atoms with Crippen molar-refractivity contribution in [3.05, 3.63) is 50.8 Å². The van der Waals surface area contributed by atoms with Gasteiger partial charge in [-0.1, -0.05) is 11.6 Å². The molecule has 7 nitrogen and oxygen atoms in total. The summed E-state index contributed by atoms with van der Waals surface area (Å²) in [4.78, 5) is 22.8. The molecule has 0 aliphatic carbocycles. The summed E-state index contributed by atoms with van der Waals surface area (Å²) in [5, 5.41) is 18.3. The Morgan fingerprint density at radius 1 is 1.43 bits per heavy atom. The summed E-state index contributed by atoms with van der Waals surface area (Å²) in [5.74, 6) is -0.577. The molecule has 8 heteroatoms. The number of carbonyl (C=O) groups excluding carboxylic acids is 1. The van der Waals surface area contributed by atoms with Gasteiger partial charge in [0.2, 0.25) is 5.69 Å². The third-order valence-corrected chi connectivity index (χ3v) is 3.15. The summed E-state index contributed by atoms with van der Waals surface area (Å²) in [6.45, 7) is 3.62. The molecule has 0 aliphatic rings. The second kappa shape index (κ2) is 5.92. The number of carbonyl (C=O) groups is 1. The van der Waals surface area contributed by atoms with Crippen molar-refractivity contribution in [3.63, 3.8) is 0 Å². The van der Waals surface area contributed by atoms with Gasteiger partial charge in [-0.15, -0.1) is 0 Å². The Kier molecular flexibility index (Phi) is 4.23. The third kappa shape index (κ3) is 3.03. The van der Waals surface area contributed by atoms with E-state index in [0.29, 0.717) is 17.3 Å². The molecule has 21 heavy (non-hydrogen) atoms. The van der Waals surface area contributed by atoms with E-state index < -0.39 is 10.8 Å². The maximum Gasteiger partial charge on any atom is 0.322 e. The Labute approximate surface area is 125 Å². The van der Waals surface area contributed by atoms with E-state index in [-0.39, 0.29) is 17.1 Å². The van der Waals surface area contributed by atoms with Crippen LogP contribution in [0.5, 0.6) is 0 Å². The number of aryl methyl sites for hydroxylation is 2. The molecule has 0 saturated heterocycles. The van der Waals surface area contributed by atoms with Crippen molar-refractivity contribution in [1.82, 2.24) is 9.78 Å². The molecule has 0 aliphatic heterocycles. The molecule has 0 bridgehead atoms. The first-order valence-electron chi connectivity index (χ1n) is 6.22. The summed E-state index contributed by atoms with van der Waals surface area (Å²) >= 11 is 5.77. The normalized spacial score (nSPS) is 10.4. The van der Waals surface area contributed by atoms with Crippen LogP contribution in [-0.4, -0.2) is 20.6 Å². The van der Waals surface area contributed by atoms with Gasteiger partial charge in [-0.3, -0.25) is 19.6 Å². The number of benzene rings is 1. The lowest BCUT2D eigenvalue weighted by atomic mass is 10.2. The standard InChI is InChI=1S/C13H13ClN4O3/c1-3-17-12(11(18(20)21)8(2)16-17)13(19)15-10-6-4-9(14)5-7-10/h4-7H,3H2,1-2H3,(H,15,19). The molecule has 0 atom stereocenters. The van der Waals surface area contributed by atoms with Crippen LogP contribution in [0.2, 0.25) is 5.02 Å². The van der Waals surface area contributed by atoms with Gasteiger partial charge in [0.25, 0.3) is 5.91 Å². The van der Waals surface area contributed by atoms with Gasteiger partial charge in [0.1, 0.15) is 5.69 Å². The minimum absolute atomic E-state index is 0.0602. The first-order valence-corrected chi connectivity index (χ1v) is 6.60. The van der Waals surface area contributed by atoms with Gasteiger partial charge >= 0.3 is 5.69 Å². The number of anilines is 1. The fourth-order valence-electron chi connectivity index (χ4n) is 1.97. The van der Waals surface area contributed by atoms with Crippen molar-refractivity contribution in [2.24, 2.45) is 0 Å². The smallest absolute Gasteiger partial charge is 0.320 e. The van der Waals surface area contributed by atoms with Gasteiger partial charge in [0.15, 0.2) is 0 Å². The number of halogens is 1. The molecule has 0 spiro atoms. The molecule has 0 saturated carbocycles. The topological polar surface area (TPSA) is 90.1 Å². The summed E-state index contributed by atoms with van der Waals surface area (Å²) < 4.78 is 1.32. The van der Waals surface area contributed by atoms with Gasteiger partial charge in [0, 0.05) is 17.3 Å². The van der Waals surface area contributed by atoms with Gasteiger partial charge in [-0.25, -0.2) is 0 Å². The van der Waals surface area contributed by atoms with Gasteiger partial charge in [-0.2, -0.15) is 5.10 Å². The van der Waals surface area contributed by atoms with Crippen molar-refractivity contribution in [3.8, 4) is 0 Å². The van der Waals surface area contributed by atoms with Crippen molar-refractivity contribution in [1.29, 1.82) is 0 Å². The summed E-state index contributed by atoms with van der Waals surface area (Å²) in [6.07, 6.45) is 0. The highest BCUT2D eigenvalue weighted by Crippen LogP contribution is 2.24. The highest BCUT2D eigenvalue weighted by molar-refractivity contribution is 6.30. The van der Waals surface area contributed by atoms with E-state index in [2.05, 4.69) is 10.4 Å². The molecule has 1 aromatic heterocycles. The largest absolute Gasteiger partial charge is 0.322 e. The lowest BCUT2D eigenvalue weighted by Crippen LogP contribution is -2.18. The van der Waals surface area contributed by atoms with Crippen LogP contribution in [0.25, 0.3) is 0 Å². The Balaban J connectivity index is 2.38. The maximum atomic E-state index is 12.3. The van der Waals surface area contributed by atoms with Gasteiger partial charge in [0.05, 0.1) is 4.92 Å². The molecule has 1 aromatic carbocycles. The fourth-order valence-corrected chi connectivity index (χ4v) is 2.09. The number of nitro groups is 1. The summed E-state index contributed by atoms with van der Waals surface area (Å²) in [6, 6.07) is 6.47. The van der Waals surface area contributed by atoms with Crippen LogP contribution >= 0.6 is 11.6 Å². The van der Waals surface area contributed by atoms with Crippen LogP contribution in [0.1, 0.15) is 23.1 Å². The Morgan fingerprint density at radius 2 is 2.05 bits per heavy atom. The van der Waals surface area contributed by atoms with E-state index >= 15 is 0 Å². The second-order valence-corrected chi connectivity index (χ2v) is 4.75. The predicted octanol–water partition coefficient (Wildman–Crippen LogP) is 3.03.